The molecule has 122 valence electrons. The zero-order valence-corrected chi connectivity index (χ0v) is 13.6. The molecule has 2 amide bonds. The molecule has 0 saturated carbocycles. The summed E-state index contributed by atoms with van der Waals surface area (Å²) in [6.45, 7) is 5.15. The van der Waals surface area contributed by atoms with Crippen LogP contribution in [-0.4, -0.2) is 38.1 Å². The van der Waals surface area contributed by atoms with E-state index in [1.165, 1.54) is 6.92 Å². The van der Waals surface area contributed by atoms with Crippen LogP contribution in [0.2, 0.25) is 0 Å². The second-order valence-corrected chi connectivity index (χ2v) is 5.62. The van der Waals surface area contributed by atoms with Gasteiger partial charge >= 0.3 is 0 Å². The fourth-order valence-electron chi connectivity index (χ4n) is 2.18. The Morgan fingerprint density at radius 1 is 1.26 bits per heavy atom. The molecule has 0 unspecified atom stereocenters. The van der Waals surface area contributed by atoms with Gasteiger partial charge in [0, 0.05) is 25.2 Å². The number of anilines is 1. The number of nitrogens with zero attached hydrogens (tertiary/aromatic N) is 4. The molecule has 0 aliphatic carbocycles. The summed E-state index contributed by atoms with van der Waals surface area (Å²) in [5.74, 6) is 0.0783. The van der Waals surface area contributed by atoms with Crippen molar-refractivity contribution in [3.05, 3.63) is 24.3 Å². The van der Waals surface area contributed by atoms with E-state index in [-0.39, 0.29) is 17.7 Å². The number of aromatic nitrogens is 4. The second-order valence-electron chi connectivity index (χ2n) is 5.62. The molecule has 0 spiro atoms. The van der Waals surface area contributed by atoms with E-state index in [9.17, 15) is 9.59 Å². The maximum atomic E-state index is 12.4. The van der Waals surface area contributed by atoms with Crippen LogP contribution in [0.3, 0.4) is 0 Å². The van der Waals surface area contributed by atoms with Crippen molar-refractivity contribution in [3.63, 3.8) is 0 Å². The van der Waals surface area contributed by atoms with Crippen LogP contribution in [-0.2, 0) is 16.6 Å². The van der Waals surface area contributed by atoms with Gasteiger partial charge in [-0.25, -0.2) is 4.68 Å². The minimum Gasteiger partial charge on any atom is -0.344 e. The Labute approximate surface area is 134 Å². The average Bonchev–Trinajstić information content (AvgIpc) is 2.90. The number of carbonyl (C=O) groups excluding carboxylic acids is 2. The smallest absolute Gasteiger partial charge is 0.247 e. The zero-order valence-electron chi connectivity index (χ0n) is 13.6. The maximum absolute atomic E-state index is 12.4. The Hall–Kier alpha value is -2.77. The molecule has 1 aromatic carbocycles. The Kier molecular flexibility index (Phi) is 5.05. The van der Waals surface area contributed by atoms with Crippen molar-refractivity contribution >= 4 is 17.5 Å². The van der Waals surface area contributed by atoms with Crippen molar-refractivity contribution in [2.24, 2.45) is 13.0 Å². The molecule has 0 saturated heterocycles. The minimum atomic E-state index is -0.590. The predicted molar refractivity (Wildman–Crippen MR) is 85.3 cm³/mol. The summed E-state index contributed by atoms with van der Waals surface area (Å²) in [6.07, 6.45) is 0. The van der Waals surface area contributed by atoms with Crippen LogP contribution in [0.15, 0.2) is 24.3 Å². The first-order chi connectivity index (χ1) is 10.9. The molecule has 0 radical (unpaired) electrons. The summed E-state index contributed by atoms with van der Waals surface area (Å²) in [7, 11) is 1.74. The Morgan fingerprint density at radius 2 is 2.00 bits per heavy atom. The van der Waals surface area contributed by atoms with Gasteiger partial charge in [-0.2, -0.15) is 0 Å². The summed E-state index contributed by atoms with van der Waals surface area (Å²) in [4.78, 5) is 23.6. The highest BCUT2D eigenvalue weighted by Gasteiger charge is 2.23. The van der Waals surface area contributed by atoms with Gasteiger partial charge in [0.2, 0.25) is 11.8 Å². The number of hydrogen-bond acceptors (Lipinski definition) is 5. The van der Waals surface area contributed by atoms with Gasteiger partial charge in [0.25, 0.3) is 0 Å². The standard InChI is InChI=1S/C15H20N6O2/c1-9(2)13(16-10(3)22)15(23)17-12-7-5-6-11(8-12)14-18-19-20-21(14)4/h5-9,13H,1-4H3,(H,16,22)(H,17,23)/t13-/m1/s1. The number of nitrogens with one attached hydrogen (secondary N) is 2. The monoisotopic (exact) mass is 316 g/mol. The van der Waals surface area contributed by atoms with E-state index in [1.54, 1.807) is 23.9 Å². The summed E-state index contributed by atoms with van der Waals surface area (Å²) in [5.41, 5.74) is 1.41. The molecule has 23 heavy (non-hydrogen) atoms. The molecule has 0 bridgehead atoms. The van der Waals surface area contributed by atoms with E-state index in [0.717, 1.165) is 5.56 Å². The average molecular weight is 316 g/mol. The first-order valence-corrected chi connectivity index (χ1v) is 7.29. The van der Waals surface area contributed by atoms with Crippen molar-refractivity contribution in [1.82, 2.24) is 25.5 Å². The number of hydrogen-bond donors (Lipinski definition) is 2. The third kappa shape index (κ3) is 4.12. The molecule has 1 atom stereocenters. The van der Waals surface area contributed by atoms with Crippen LogP contribution < -0.4 is 10.6 Å². The third-order valence-corrected chi connectivity index (χ3v) is 3.32. The molecular formula is C15H20N6O2. The van der Waals surface area contributed by atoms with Gasteiger partial charge in [-0.1, -0.05) is 26.0 Å². The van der Waals surface area contributed by atoms with E-state index in [0.29, 0.717) is 11.5 Å². The van der Waals surface area contributed by atoms with Crippen molar-refractivity contribution in [3.8, 4) is 11.4 Å². The highest BCUT2D eigenvalue weighted by molar-refractivity contribution is 5.97. The molecule has 8 heteroatoms. The second kappa shape index (κ2) is 6.99. The minimum absolute atomic E-state index is 0.0231. The highest BCUT2D eigenvalue weighted by atomic mass is 16.2. The van der Waals surface area contributed by atoms with E-state index in [4.69, 9.17) is 0 Å². The Morgan fingerprint density at radius 3 is 2.57 bits per heavy atom. The van der Waals surface area contributed by atoms with Gasteiger partial charge in [0.15, 0.2) is 5.82 Å². The van der Waals surface area contributed by atoms with Crippen molar-refractivity contribution in [2.45, 2.75) is 26.8 Å². The van der Waals surface area contributed by atoms with Gasteiger partial charge in [-0.05, 0) is 28.5 Å². The summed E-state index contributed by atoms with van der Waals surface area (Å²) >= 11 is 0. The predicted octanol–water partition coefficient (Wildman–Crippen LogP) is 0.976. The van der Waals surface area contributed by atoms with Crippen LogP contribution in [0.1, 0.15) is 20.8 Å². The Bertz CT molecular complexity index is 709. The van der Waals surface area contributed by atoms with Crippen LogP contribution in [0.5, 0.6) is 0 Å². The van der Waals surface area contributed by atoms with Gasteiger partial charge in [0.1, 0.15) is 6.04 Å². The lowest BCUT2D eigenvalue weighted by atomic mass is 10.0. The molecule has 1 aromatic heterocycles. The number of carbonyl (C=O) groups is 2. The number of benzene rings is 1. The fraction of sp³-hybridized carbons (Fsp3) is 0.400. The normalized spacial score (nSPS) is 12.0. The van der Waals surface area contributed by atoms with Crippen molar-refractivity contribution in [1.29, 1.82) is 0 Å². The largest absolute Gasteiger partial charge is 0.344 e. The molecule has 2 N–H and O–H groups in total. The van der Waals surface area contributed by atoms with E-state index in [2.05, 4.69) is 26.2 Å². The zero-order chi connectivity index (χ0) is 17.0. The molecule has 2 aromatic rings. The maximum Gasteiger partial charge on any atom is 0.247 e. The summed E-state index contributed by atoms with van der Waals surface area (Å²) in [5, 5.41) is 16.8. The van der Waals surface area contributed by atoms with E-state index in [1.807, 2.05) is 26.0 Å². The van der Waals surface area contributed by atoms with Crippen molar-refractivity contribution < 1.29 is 9.59 Å². The lowest BCUT2D eigenvalue weighted by Crippen LogP contribution is -2.46. The molecule has 0 aliphatic rings. The molecular weight excluding hydrogens is 296 g/mol. The lowest BCUT2D eigenvalue weighted by Gasteiger charge is -2.21. The number of amides is 2. The quantitative estimate of drug-likeness (QED) is 0.856. The topological polar surface area (TPSA) is 102 Å². The van der Waals surface area contributed by atoms with Gasteiger partial charge in [-0.3, -0.25) is 9.59 Å². The highest BCUT2D eigenvalue weighted by Crippen LogP contribution is 2.20. The van der Waals surface area contributed by atoms with Gasteiger partial charge in [0.05, 0.1) is 0 Å². The van der Waals surface area contributed by atoms with E-state index >= 15 is 0 Å². The number of rotatable bonds is 5. The van der Waals surface area contributed by atoms with Crippen molar-refractivity contribution in [2.75, 3.05) is 5.32 Å². The Balaban J connectivity index is 2.18. The third-order valence-electron chi connectivity index (χ3n) is 3.32. The van der Waals surface area contributed by atoms with Crippen LogP contribution in [0.4, 0.5) is 5.69 Å². The molecule has 8 nitrogen and oxygen atoms in total. The molecule has 0 fully saturated rings. The van der Waals surface area contributed by atoms with Crippen LogP contribution in [0.25, 0.3) is 11.4 Å². The summed E-state index contributed by atoms with van der Waals surface area (Å²) < 4.78 is 1.55. The van der Waals surface area contributed by atoms with Crippen LogP contribution in [0, 0.1) is 5.92 Å². The van der Waals surface area contributed by atoms with E-state index < -0.39 is 6.04 Å². The first kappa shape index (κ1) is 16.6. The summed E-state index contributed by atoms with van der Waals surface area (Å²) in [6, 6.07) is 6.63. The molecule has 0 aliphatic heterocycles. The first-order valence-electron chi connectivity index (χ1n) is 7.29. The molecule has 2 rings (SSSR count). The van der Waals surface area contributed by atoms with Gasteiger partial charge in [-0.15, -0.1) is 5.10 Å². The number of tetrazole rings is 1. The SMILES string of the molecule is CC(=O)N[C@@H](C(=O)Nc1cccc(-c2nnnn2C)c1)C(C)C. The van der Waals surface area contributed by atoms with Gasteiger partial charge < -0.3 is 10.6 Å². The number of aryl methyl sites for hydroxylation is 1. The molecule has 1 heterocycles. The van der Waals surface area contributed by atoms with Crippen LogP contribution >= 0.6 is 0 Å². The lowest BCUT2D eigenvalue weighted by molar-refractivity contribution is -0.126. The fourth-order valence-corrected chi connectivity index (χ4v) is 2.18.